The lowest BCUT2D eigenvalue weighted by Gasteiger charge is -2.08. The summed E-state index contributed by atoms with van der Waals surface area (Å²) < 4.78 is 12.1. The molecule has 0 fully saturated rings. The Labute approximate surface area is 133 Å². The van der Waals surface area contributed by atoms with E-state index >= 15 is 0 Å². The summed E-state index contributed by atoms with van der Waals surface area (Å²) in [5.41, 5.74) is 3.74. The molecular weight excluding hydrogens is 294 g/mol. The van der Waals surface area contributed by atoms with Gasteiger partial charge >= 0.3 is 0 Å². The highest BCUT2D eigenvalue weighted by molar-refractivity contribution is 5.67. The van der Waals surface area contributed by atoms with Gasteiger partial charge in [0, 0.05) is 22.9 Å². The fourth-order valence-corrected chi connectivity index (χ4v) is 2.73. The minimum atomic E-state index is -0.0540. The molecule has 0 radical (unpaired) electrons. The topological polar surface area (TPSA) is 68.6 Å². The number of nitrogens with one attached hydrogen (secondary N) is 1. The quantitative estimate of drug-likeness (QED) is 0.804. The molecule has 0 saturated heterocycles. The van der Waals surface area contributed by atoms with Crippen LogP contribution in [0.2, 0.25) is 0 Å². The Bertz CT molecular complexity index is 925. The molecule has 0 saturated carbocycles. The van der Waals surface area contributed by atoms with Crippen molar-refractivity contribution < 1.29 is 9.47 Å². The largest absolute Gasteiger partial charge is 0.493 e. The first-order valence-electron chi connectivity index (χ1n) is 7.42. The van der Waals surface area contributed by atoms with Crippen LogP contribution in [-0.4, -0.2) is 28.8 Å². The molecule has 0 unspecified atom stereocenters. The van der Waals surface area contributed by atoms with Gasteiger partial charge in [-0.15, -0.1) is 0 Å². The molecule has 0 aliphatic rings. The van der Waals surface area contributed by atoms with Gasteiger partial charge in [-0.3, -0.25) is 9.89 Å². The third-order valence-corrected chi connectivity index (χ3v) is 3.96. The minimum Gasteiger partial charge on any atom is -0.493 e. The first kappa shape index (κ1) is 15.1. The molecule has 2 aromatic heterocycles. The summed E-state index contributed by atoms with van der Waals surface area (Å²) in [5.74, 6) is 1.29. The number of rotatable bonds is 4. The normalized spacial score (nSPS) is 11.0. The van der Waals surface area contributed by atoms with Crippen LogP contribution in [0.5, 0.6) is 11.5 Å². The van der Waals surface area contributed by atoms with E-state index in [0.717, 1.165) is 22.5 Å². The number of H-pyrrole nitrogens is 1. The monoisotopic (exact) mass is 313 g/mol. The summed E-state index contributed by atoms with van der Waals surface area (Å²) in [4.78, 5) is 17.0. The van der Waals surface area contributed by atoms with Crippen molar-refractivity contribution in [1.82, 2.24) is 14.6 Å². The van der Waals surface area contributed by atoms with E-state index in [9.17, 15) is 4.79 Å². The van der Waals surface area contributed by atoms with Gasteiger partial charge in [0.15, 0.2) is 17.1 Å². The fraction of sp³-hybridized carbons (Fsp3) is 0.294. The average molecular weight is 313 g/mol. The molecule has 0 spiro atoms. The van der Waals surface area contributed by atoms with Crippen LogP contribution in [0.1, 0.15) is 18.2 Å². The van der Waals surface area contributed by atoms with E-state index in [2.05, 4.69) is 10.1 Å². The second-order valence-corrected chi connectivity index (χ2v) is 5.27. The van der Waals surface area contributed by atoms with Crippen LogP contribution in [0, 0.1) is 6.92 Å². The molecule has 6 nitrogen and oxygen atoms in total. The molecule has 120 valence electrons. The van der Waals surface area contributed by atoms with E-state index in [-0.39, 0.29) is 5.56 Å². The second-order valence-electron chi connectivity index (χ2n) is 5.27. The standard InChI is InChI=1S/C17H19N3O3/c1-5-12-10(2)18-16-9-13(19-20(16)17(12)21)11-6-7-14(22-3)15(8-11)23-4/h6-9,19H,5H2,1-4H3. The molecule has 1 N–H and O–H groups in total. The van der Waals surface area contributed by atoms with Gasteiger partial charge in [0.1, 0.15) is 0 Å². The summed E-state index contributed by atoms with van der Waals surface area (Å²) in [6, 6.07) is 7.46. The van der Waals surface area contributed by atoms with E-state index in [1.54, 1.807) is 14.2 Å². The number of hydrogen-bond donors (Lipinski definition) is 1. The number of aromatic amines is 1. The van der Waals surface area contributed by atoms with Gasteiger partial charge in [-0.05, 0) is 31.5 Å². The number of aromatic nitrogens is 3. The fourth-order valence-electron chi connectivity index (χ4n) is 2.73. The van der Waals surface area contributed by atoms with Gasteiger partial charge in [0.2, 0.25) is 0 Å². The number of fused-ring (bicyclic) bond motifs is 1. The molecule has 3 aromatic rings. The minimum absolute atomic E-state index is 0.0540. The van der Waals surface area contributed by atoms with Gasteiger partial charge in [-0.1, -0.05) is 6.92 Å². The molecule has 0 aliphatic heterocycles. The van der Waals surface area contributed by atoms with Crippen LogP contribution in [0.4, 0.5) is 0 Å². The van der Waals surface area contributed by atoms with Crippen molar-refractivity contribution in [2.75, 3.05) is 14.2 Å². The molecule has 1 aromatic carbocycles. The van der Waals surface area contributed by atoms with Crippen LogP contribution >= 0.6 is 0 Å². The van der Waals surface area contributed by atoms with E-state index in [1.165, 1.54) is 4.52 Å². The van der Waals surface area contributed by atoms with E-state index in [4.69, 9.17) is 9.47 Å². The Morgan fingerprint density at radius 3 is 2.57 bits per heavy atom. The molecule has 0 aliphatic carbocycles. The zero-order valence-corrected chi connectivity index (χ0v) is 13.6. The van der Waals surface area contributed by atoms with Gasteiger partial charge in [-0.25, -0.2) is 9.50 Å². The van der Waals surface area contributed by atoms with Crippen LogP contribution in [0.15, 0.2) is 29.1 Å². The van der Waals surface area contributed by atoms with E-state index in [0.29, 0.717) is 23.6 Å². The molecule has 0 atom stereocenters. The number of hydrogen-bond acceptors (Lipinski definition) is 4. The Hall–Kier alpha value is -2.76. The number of aryl methyl sites for hydroxylation is 1. The zero-order valence-electron chi connectivity index (χ0n) is 13.6. The molecule has 6 heteroatoms. The highest BCUT2D eigenvalue weighted by Crippen LogP contribution is 2.31. The van der Waals surface area contributed by atoms with Crippen LogP contribution in [0.3, 0.4) is 0 Å². The Kier molecular flexibility index (Phi) is 3.82. The van der Waals surface area contributed by atoms with Crippen molar-refractivity contribution in [3.8, 4) is 22.8 Å². The summed E-state index contributed by atoms with van der Waals surface area (Å²) in [5, 5.41) is 3.12. The van der Waals surface area contributed by atoms with Gasteiger partial charge in [0.05, 0.1) is 19.9 Å². The zero-order chi connectivity index (χ0) is 16.6. The van der Waals surface area contributed by atoms with Crippen LogP contribution in [-0.2, 0) is 6.42 Å². The molecule has 2 heterocycles. The van der Waals surface area contributed by atoms with Crippen LogP contribution < -0.4 is 15.0 Å². The van der Waals surface area contributed by atoms with Crippen molar-refractivity contribution in [3.05, 3.63) is 45.9 Å². The van der Waals surface area contributed by atoms with Gasteiger partial charge < -0.3 is 9.47 Å². The second kappa shape index (κ2) is 5.79. The van der Waals surface area contributed by atoms with Gasteiger partial charge in [0.25, 0.3) is 5.56 Å². The lowest BCUT2D eigenvalue weighted by atomic mass is 10.1. The molecule has 0 amide bonds. The summed E-state index contributed by atoms with van der Waals surface area (Å²) in [7, 11) is 3.19. The maximum Gasteiger partial charge on any atom is 0.276 e. The average Bonchev–Trinajstić information content (AvgIpc) is 2.98. The lowest BCUT2D eigenvalue weighted by Crippen LogP contribution is -2.21. The predicted octanol–water partition coefficient (Wildman–Crippen LogP) is 2.58. The highest BCUT2D eigenvalue weighted by atomic mass is 16.5. The molecular formula is C17H19N3O3. The summed E-state index contributed by atoms with van der Waals surface area (Å²) in [6.07, 6.45) is 0.658. The van der Waals surface area contributed by atoms with Crippen molar-refractivity contribution >= 4 is 5.65 Å². The number of nitrogens with zero attached hydrogens (tertiary/aromatic N) is 2. The SMILES string of the molecule is CCc1c(C)nc2cc(-c3ccc(OC)c(OC)c3)[nH]n2c1=O. The van der Waals surface area contributed by atoms with E-state index < -0.39 is 0 Å². The van der Waals surface area contributed by atoms with Crippen molar-refractivity contribution in [1.29, 1.82) is 0 Å². The van der Waals surface area contributed by atoms with Crippen molar-refractivity contribution in [2.45, 2.75) is 20.3 Å². The Morgan fingerprint density at radius 1 is 1.17 bits per heavy atom. The molecule has 23 heavy (non-hydrogen) atoms. The number of ether oxygens (including phenoxy) is 2. The maximum atomic E-state index is 12.5. The number of benzene rings is 1. The third-order valence-electron chi connectivity index (χ3n) is 3.96. The van der Waals surface area contributed by atoms with Crippen molar-refractivity contribution in [3.63, 3.8) is 0 Å². The summed E-state index contributed by atoms with van der Waals surface area (Å²) >= 11 is 0. The third kappa shape index (κ3) is 2.46. The molecule has 0 bridgehead atoms. The smallest absolute Gasteiger partial charge is 0.276 e. The van der Waals surface area contributed by atoms with Crippen LogP contribution in [0.25, 0.3) is 16.9 Å². The summed E-state index contributed by atoms with van der Waals surface area (Å²) in [6.45, 7) is 3.82. The maximum absolute atomic E-state index is 12.5. The van der Waals surface area contributed by atoms with Crippen molar-refractivity contribution in [2.24, 2.45) is 0 Å². The first-order valence-corrected chi connectivity index (χ1v) is 7.42. The Balaban J connectivity index is 2.18. The first-order chi connectivity index (χ1) is 11.1. The lowest BCUT2D eigenvalue weighted by molar-refractivity contribution is 0.355. The number of methoxy groups -OCH3 is 2. The molecule has 3 rings (SSSR count). The van der Waals surface area contributed by atoms with E-state index in [1.807, 2.05) is 38.1 Å². The highest BCUT2D eigenvalue weighted by Gasteiger charge is 2.13. The van der Waals surface area contributed by atoms with Gasteiger partial charge in [-0.2, -0.15) is 0 Å². The Morgan fingerprint density at radius 2 is 1.91 bits per heavy atom. The predicted molar refractivity (Wildman–Crippen MR) is 88.5 cm³/mol.